The van der Waals surface area contributed by atoms with Crippen LogP contribution in [0.15, 0.2) is 0 Å². The topological polar surface area (TPSA) is 26.3 Å². The first-order valence-corrected chi connectivity index (χ1v) is 7.05. The number of esters is 1. The summed E-state index contributed by atoms with van der Waals surface area (Å²) in [7, 11) is -0.368. The van der Waals surface area contributed by atoms with E-state index in [1.807, 2.05) is 6.92 Å². The molecule has 0 bridgehead atoms. The fourth-order valence-electron chi connectivity index (χ4n) is 1.82. The van der Waals surface area contributed by atoms with Gasteiger partial charge in [-0.15, -0.1) is 0 Å². The summed E-state index contributed by atoms with van der Waals surface area (Å²) in [6.45, 7) is 15.6. The van der Waals surface area contributed by atoms with E-state index >= 15 is 0 Å². The molecular formula is C12H25O2P. The average Bonchev–Trinajstić information content (AvgIpc) is 1.96. The molecule has 0 aromatic rings. The van der Waals surface area contributed by atoms with Crippen molar-refractivity contribution in [2.24, 2.45) is 0 Å². The van der Waals surface area contributed by atoms with E-state index in [2.05, 4.69) is 41.5 Å². The fraction of sp³-hybridized carbons (Fsp3) is 0.917. The van der Waals surface area contributed by atoms with Crippen LogP contribution in [0.2, 0.25) is 0 Å². The van der Waals surface area contributed by atoms with Crippen LogP contribution in [-0.2, 0) is 9.53 Å². The molecule has 0 aliphatic carbocycles. The van der Waals surface area contributed by atoms with E-state index in [0.717, 1.165) is 0 Å². The van der Waals surface area contributed by atoms with Crippen molar-refractivity contribution in [3.05, 3.63) is 0 Å². The van der Waals surface area contributed by atoms with Crippen LogP contribution in [0.25, 0.3) is 0 Å². The van der Waals surface area contributed by atoms with Gasteiger partial charge in [0.15, 0.2) is 0 Å². The first-order valence-electron chi connectivity index (χ1n) is 5.52. The number of carbonyl (C=O) groups is 1. The summed E-state index contributed by atoms with van der Waals surface area (Å²) in [6, 6.07) is 0. The molecule has 0 heterocycles. The Morgan fingerprint density at radius 2 is 1.47 bits per heavy atom. The lowest BCUT2D eigenvalue weighted by molar-refractivity contribution is -0.140. The fourth-order valence-corrected chi connectivity index (χ4v) is 5.13. The molecule has 0 N–H and O–H groups in total. The average molecular weight is 232 g/mol. The van der Waals surface area contributed by atoms with Crippen molar-refractivity contribution in [2.75, 3.05) is 12.8 Å². The molecule has 0 spiro atoms. The van der Waals surface area contributed by atoms with Gasteiger partial charge in [-0.25, -0.2) is 0 Å². The first-order chi connectivity index (χ1) is 6.59. The van der Waals surface area contributed by atoms with Crippen molar-refractivity contribution in [3.63, 3.8) is 0 Å². The lowest BCUT2D eigenvalue weighted by Gasteiger charge is -2.40. The second-order valence-electron chi connectivity index (χ2n) is 5.73. The molecule has 0 saturated heterocycles. The first kappa shape index (κ1) is 14.9. The Hall–Kier alpha value is -0.100. The number of rotatable bonds is 3. The van der Waals surface area contributed by atoms with E-state index in [-0.39, 0.29) is 24.2 Å². The largest absolute Gasteiger partial charge is 0.466 e. The van der Waals surface area contributed by atoms with Gasteiger partial charge in [0.1, 0.15) is 0 Å². The van der Waals surface area contributed by atoms with Crippen LogP contribution in [0.4, 0.5) is 0 Å². The standard InChI is InChI=1S/C12H25O2P/c1-8-14-10(13)9-15(11(2,3)4)12(5,6)7/h8-9H2,1-7H3. The predicted molar refractivity (Wildman–Crippen MR) is 67.9 cm³/mol. The molecule has 0 rings (SSSR count). The van der Waals surface area contributed by atoms with E-state index in [1.54, 1.807) is 0 Å². The molecule has 3 heteroatoms. The third kappa shape index (κ3) is 5.51. The van der Waals surface area contributed by atoms with Gasteiger partial charge in [0.2, 0.25) is 0 Å². The molecule has 0 aliphatic heterocycles. The molecule has 0 radical (unpaired) electrons. The SMILES string of the molecule is CCOC(=O)CP(C(C)(C)C)C(C)(C)C. The molecule has 0 unspecified atom stereocenters. The van der Waals surface area contributed by atoms with Gasteiger partial charge < -0.3 is 4.74 Å². The Bertz CT molecular complexity index is 197. The van der Waals surface area contributed by atoms with Crippen LogP contribution in [0.3, 0.4) is 0 Å². The zero-order chi connectivity index (χ0) is 12.3. The summed E-state index contributed by atoms with van der Waals surface area (Å²) in [5.41, 5.74) is 0. The summed E-state index contributed by atoms with van der Waals surface area (Å²) in [5.74, 6) is -0.0477. The number of ether oxygens (including phenoxy) is 1. The lowest BCUT2D eigenvalue weighted by atomic mass is 10.2. The third-order valence-electron chi connectivity index (χ3n) is 2.21. The molecule has 0 saturated carbocycles. The molecule has 90 valence electrons. The van der Waals surface area contributed by atoms with Crippen molar-refractivity contribution < 1.29 is 9.53 Å². The van der Waals surface area contributed by atoms with E-state index in [0.29, 0.717) is 12.8 Å². The maximum Gasteiger partial charge on any atom is 0.310 e. The molecular weight excluding hydrogens is 207 g/mol. The van der Waals surface area contributed by atoms with Gasteiger partial charge in [-0.2, -0.15) is 0 Å². The van der Waals surface area contributed by atoms with Crippen molar-refractivity contribution in [1.82, 2.24) is 0 Å². The Kier molecular flexibility index (Phi) is 5.26. The summed E-state index contributed by atoms with van der Waals surface area (Å²) < 4.78 is 5.04. The van der Waals surface area contributed by atoms with Crippen LogP contribution in [0.5, 0.6) is 0 Å². The predicted octanol–water partition coefficient (Wildman–Crippen LogP) is 3.63. The van der Waals surface area contributed by atoms with Crippen molar-refractivity contribution >= 4 is 13.9 Å². The zero-order valence-corrected chi connectivity index (χ0v) is 12.1. The lowest BCUT2D eigenvalue weighted by Crippen LogP contribution is -2.29. The second-order valence-corrected chi connectivity index (χ2v) is 9.59. The maximum absolute atomic E-state index is 11.5. The quantitative estimate of drug-likeness (QED) is 0.548. The van der Waals surface area contributed by atoms with E-state index in [4.69, 9.17) is 4.74 Å². The van der Waals surface area contributed by atoms with Gasteiger partial charge in [-0.05, 0) is 17.2 Å². The Labute approximate surface area is 95.5 Å². The maximum atomic E-state index is 11.5. The molecule has 0 fully saturated rings. The van der Waals surface area contributed by atoms with Gasteiger partial charge in [0, 0.05) is 0 Å². The van der Waals surface area contributed by atoms with Crippen molar-refractivity contribution in [3.8, 4) is 0 Å². The minimum atomic E-state index is -0.368. The summed E-state index contributed by atoms with van der Waals surface area (Å²) in [5, 5.41) is 0.390. The van der Waals surface area contributed by atoms with E-state index in [9.17, 15) is 4.79 Å². The van der Waals surface area contributed by atoms with Gasteiger partial charge in [-0.1, -0.05) is 49.5 Å². The van der Waals surface area contributed by atoms with Crippen LogP contribution < -0.4 is 0 Å². The van der Waals surface area contributed by atoms with Crippen LogP contribution in [0, 0.1) is 0 Å². The van der Waals surface area contributed by atoms with Gasteiger partial charge in [-0.3, -0.25) is 4.79 Å². The highest BCUT2D eigenvalue weighted by Gasteiger charge is 2.35. The highest BCUT2D eigenvalue weighted by molar-refractivity contribution is 7.61. The van der Waals surface area contributed by atoms with Crippen molar-refractivity contribution in [2.45, 2.75) is 58.8 Å². The third-order valence-corrected chi connectivity index (χ3v) is 6.03. The van der Waals surface area contributed by atoms with Gasteiger partial charge in [0.05, 0.1) is 12.8 Å². The minimum absolute atomic E-state index is 0.0477. The summed E-state index contributed by atoms with van der Waals surface area (Å²) in [6.07, 6.45) is 0.580. The Morgan fingerprint density at radius 3 is 1.73 bits per heavy atom. The summed E-state index contributed by atoms with van der Waals surface area (Å²) in [4.78, 5) is 11.5. The number of hydrogen-bond donors (Lipinski definition) is 0. The molecule has 0 aromatic heterocycles. The normalized spacial score (nSPS) is 13.1. The number of hydrogen-bond acceptors (Lipinski definition) is 2. The van der Waals surface area contributed by atoms with Crippen LogP contribution >= 0.6 is 7.92 Å². The zero-order valence-electron chi connectivity index (χ0n) is 11.2. The molecule has 0 aromatic carbocycles. The summed E-state index contributed by atoms with van der Waals surface area (Å²) >= 11 is 0. The molecule has 2 nitrogen and oxygen atoms in total. The van der Waals surface area contributed by atoms with Crippen LogP contribution in [0.1, 0.15) is 48.5 Å². The Balaban J connectivity index is 4.62. The Morgan fingerprint density at radius 1 is 1.07 bits per heavy atom. The molecule has 0 aliphatic rings. The molecule has 0 amide bonds. The van der Waals surface area contributed by atoms with Crippen molar-refractivity contribution in [1.29, 1.82) is 0 Å². The van der Waals surface area contributed by atoms with Gasteiger partial charge >= 0.3 is 5.97 Å². The van der Waals surface area contributed by atoms with Crippen LogP contribution in [-0.4, -0.2) is 29.1 Å². The number of carbonyl (C=O) groups excluding carboxylic acids is 1. The van der Waals surface area contributed by atoms with E-state index in [1.165, 1.54) is 0 Å². The molecule has 0 atom stereocenters. The highest BCUT2D eigenvalue weighted by atomic mass is 31.1. The smallest absolute Gasteiger partial charge is 0.310 e. The van der Waals surface area contributed by atoms with E-state index < -0.39 is 0 Å². The van der Waals surface area contributed by atoms with Gasteiger partial charge in [0.25, 0.3) is 0 Å². The highest BCUT2D eigenvalue weighted by Crippen LogP contribution is 2.58. The monoisotopic (exact) mass is 232 g/mol. The minimum Gasteiger partial charge on any atom is -0.466 e. The second kappa shape index (κ2) is 5.30. The molecule has 15 heavy (non-hydrogen) atoms.